The van der Waals surface area contributed by atoms with Gasteiger partial charge in [0.25, 0.3) is 5.91 Å². The topological polar surface area (TPSA) is 80.0 Å². The number of nitrogens with one attached hydrogen (secondary N) is 1. The van der Waals surface area contributed by atoms with Crippen LogP contribution in [0.4, 0.5) is 0 Å². The number of aliphatic hydroxyl groups excluding tert-OH is 1. The lowest BCUT2D eigenvalue weighted by Gasteiger charge is -2.09. The molecule has 140 valence electrons. The molecule has 3 aromatic rings. The molecule has 0 spiro atoms. The second kappa shape index (κ2) is 8.60. The third kappa shape index (κ3) is 4.60. The van der Waals surface area contributed by atoms with E-state index in [0.29, 0.717) is 12.1 Å². The molecule has 27 heavy (non-hydrogen) atoms. The molecule has 1 atom stereocenters. The molecular weight excluding hydrogens is 340 g/mol. The maximum atomic E-state index is 12.4. The minimum Gasteiger partial charge on any atom is -0.389 e. The Hall–Kier alpha value is -2.99. The number of hydrogen-bond donors (Lipinski definition) is 2. The molecule has 0 radical (unpaired) electrons. The van der Waals surface area contributed by atoms with Gasteiger partial charge in [-0.2, -0.15) is 0 Å². The van der Waals surface area contributed by atoms with Crippen LogP contribution in [0, 0.1) is 0 Å². The van der Waals surface area contributed by atoms with Crippen molar-refractivity contribution < 1.29 is 9.90 Å². The molecule has 2 aromatic carbocycles. The molecule has 0 aliphatic heterocycles. The monoisotopic (exact) mass is 364 g/mol. The summed E-state index contributed by atoms with van der Waals surface area (Å²) in [4.78, 5) is 12.4. The number of benzene rings is 2. The summed E-state index contributed by atoms with van der Waals surface area (Å²) in [5, 5.41) is 20.6. The van der Waals surface area contributed by atoms with E-state index < -0.39 is 6.10 Å². The zero-order valence-corrected chi connectivity index (χ0v) is 15.6. The molecule has 3 rings (SSSR count). The first-order chi connectivity index (χ1) is 13.1. The Labute approximate surface area is 158 Å². The highest BCUT2D eigenvalue weighted by Gasteiger charge is 2.09. The number of aromatic nitrogens is 3. The Kier molecular flexibility index (Phi) is 5.98. The molecule has 0 fully saturated rings. The summed E-state index contributed by atoms with van der Waals surface area (Å²) >= 11 is 0. The largest absolute Gasteiger partial charge is 0.389 e. The van der Waals surface area contributed by atoms with Crippen LogP contribution in [0.25, 0.3) is 11.1 Å². The highest BCUT2D eigenvalue weighted by atomic mass is 16.3. The van der Waals surface area contributed by atoms with Gasteiger partial charge in [-0.15, -0.1) is 10.2 Å². The fraction of sp³-hybridized carbons (Fsp3) is 0.286. The van der Waals surface area contributed by atoms with Gasteiger partial charge in [-0.05, 0) is 48.2 Å². The fourth-order valence-electron chi connectivity index (χ4n) is 2.90. The molecule has 2 N–H and O–H groups in total. The summed E-state index contributed by atoms with van der Waals surface area (Å²) in [6.07, 6.45) is 2.16. The summed E-state index contributed by atoms with van der Waals surface area (Å²) in [7, 11) is 0. The summed E-state index contributed by atoms with van der Waals surface area (Å²) < 4.78 is 1.94. The highest BCUT2D eigenvalue weighted by Crippen LogP contribution is 2.23. The maximum absolute atomic E-state index is 12.4. The first-order valence-corrected chi connectivity index (χ1v) is 9.12. The van der Waals surface area contributed by atoms with E-state index in [4.69, 9.17) is 0 Å². The van der Waals surface area contributed by atoms with Gasteiger partial charge in [-0.25, -0.2) is 0 Å². The molecule has 1 amide bonds. The smallest absolute Gasteiger partial charge is 0.251 e. The Morgan fingerprint density at radius 3 is 2.67 bits per heavy atom. The SMILES string of the molecule is CCCn1cnnc1CNC(=O)c1ccc(-c2cccc(C(C)O)c2)cc1. The van der Waals surface area contributed by atoms with E-state index in [9.17, 15) is 9.90 Å². The van der Waals surface area contributed by atoms with Crippen molar-refractivity contribution in [1.29, 1.82) is 0 Å². The van der Waals surface area contributed by atoms with Crippen LogP contribution in [-0.4, -0.2) is 25.8 Å². The minimum atomic E-state index is -0.509. The van der Waals surface area contributed by atoms with Crippen molar-refractivity contribution in [2.45, 2.75) is 39.5 Å². The van der Waals surface area contributed by atoms with Gasteiger partial charge in [-0.3, -0.25) is 4.79 Å². The quantitative estimate of drug-likeness (QED) is 0.674. The Bertz CT molecular complexity index is 901. The molecule has 0 bridgehead atoms. The zero-order chi connectivity index (χ0) is 19.2. The minimum absolute atomic E-state index is 0.148. The number of aliphatic hydroxyl groups is 1. The summed E-state index contributed by atoms with van der Waals surface area (Å²) in [5.41, 5.74) is 3.46. The van der Waals surface area contributed by atoms with Gasteiger partial charge >= 0.3 is 0 Å². The number of carbonyl (C=O) groups excluding carboxylic acids is 1. The predicted molar refractivity (Wildman–Crippen MR) is 104 cm³/mol. The average Bonchev–Trinajstić information content (AvgIpc) is 3.14. The van der Waals surface area contributed by atoms with Crippen LogP contribution in [0.5, 0.6) is 0 Å². The van der Waals surface area contributed by atoms with E-state index >= 15 is 0 Å². The molecule has 6 nitrogen and oxygen atoms in total. The number of aryl methyl sites for hydroxylation is 1. The second-order valence-corrected chi connectivity index (χ2v) is 6.50. The van der Waals surface area contributed by atoms with Crippen molar-refractivity contribution in [3.8, 4) is 11.1 Å². The summed E-state index contributed by atoms with van der Waals surface area (Å²) in [5.74, 6) is 0.599. The standard InChI is InChI=1S/C21H24N4O2/c1-3-11-25-14-23-24-20(25)13-22-21(27)17-9-7-16(8-10-17)19-6-4-5-18(12-19)15(2)26/h4-10,12,14-15,26H,3,11,13H2,1-2H3,(H,22,27). The van der Waals surface area contributed by atoms with E-state index in [1.54, 1.807) is 25.4 Å². The van der Waals surface area contributed by atoms with Crippen molar-refractivity contribution in [3.63, 3.8) is 0 Å². The molecular formula is C21H24N4O2. The molecule has 1 heterocycles. The number of nitrogens with zero attached hydrogens (tertiary/aromatic N) is 3. The molecule has 1 unspecified atom stereocenters. The van der Waals surface area contributed by atoms with Crippen molar-refractivity contribution in [2.24, 2.45) is 0 Å². The summed E-state index contributed by atoms with van der Waals surface area (Å²) in [6, 6.07) is 15.2. The van der Waals surface area contributed by atoms with Gasteiger partial charge in [0.2, 0.25) is 0 Å². The Morgan fingerprint density at radius 1 is 1.19 bits per heavy atom. The van der Waals surface area contributed by atoms with Gasteiger partial charge in [0.05, 0.1) is 12.6 Å². The lowest BCUT2D eigenvalue weighted by Crippen LogP contribution is -2.24. The van der Waals surface area contributed by atoms with Crippen LogP contribution in [0.1, 0.15) is 48.1 Å². The number of hydrogen-bond acceptors (Lipinski definition) is 4. The zero-order valence-electron chi connectivity index (χ0n) is 15.6. The Morgan fingerprint density at radius 2 is 1.96 bits per heavy atom. The predicted octanol–water partition coefficient (Wildman–Crippen LogP) is 3.34. The molecule has 0 aliphatic rings. The van der Waals surface area contributed by atoms with E-state index in [1.165, 1.54) is 0 Å². The molecule has 0 saturated carbocycles. The number of rotatable bonds is 7. The van der Waals surface area contributed by atoms with Crippen LogP contribution >= 0.6 is 0 Å². The van der Waals surface area contributed by atoms with Crippen LogP contribution in [0.3, 0.4) is 0 Å². The normalized spacial score (nSPS) is 12.0. The third-order valence-electron chi connectivity index (χ3n) is 4.42. The van der Waals surface area contributed by atoms with E-state index in [-0.39, 0.29) is 5.91 Å². The van der Waals surface area contributed by atoms with Crippen LogP contribution < -0.4 is 5.32 Å². The first kappa shape index (κ1) is 18.8. The van der Waals surface area contributed by atoms with E-state index in [0.717, 1.165) is 35.5 Å². The van der Waals surface area contributed by atoms with Crippen molar-refractivity contribution >= 4 is 5.91 Å². The number of amides is 1. The van der Waals surface area contributed by atoms with Gasteiger partial charge in [-0.1, -0.05) is 37.3 Å². The van der Waals surface area contributed by atoms with E-state index in [1.807, 2.05) is 41.0 Å². The van der Waals surface area contributed by atoms with Gasteiger partial charge in [0, 0.05) is 12.1 Å². The van der Waals surface area contributed by atoms with Crippen LogP contribution in [-0.2, 0) is 13.1 Å². The molecule has 1 aromatic heterocycles. The number of carbonyl (C=O) groups is 1. The molecule has 0 saturated heterocycles. The van der Waals surface area contributed by atoms with E-state index in [2.05, 4.69) is 22.4 Å². The summed E-state index contributed by atoms with van der Waals surface area (Å²) in [6.45, 7) is 5.00. The molecule has 0 aliphatic carbocycles. The van der Waals surface area contributed by atoms with Crippen molar-refractivity contribution in [1.82, 2.24) is 20.1 Å². The van der Waals surface area contributed by atoms with Crippen LogP contribution in [0.15, 0.2) is 54.9 Å². The van der Waals surface area contributed by atoms with Crippen molar-refractivity contribution in [2.75, 3.05) is 0 Å². The molecule has 6 heteroatoms. The fourth-order valence-corrected chi connectivity index (χ4v) is 2.90. The first-order valence-electron chi connectivity index (χ1n) is 9.12. The average molecular weight is 364 g/mol. The lowest BCUT2D eigenvalue weighted by atomic mass is 10.00. The van der Waals surface area contributed by atoms with Gasteiger partial charge in [0.15, 0.2) is 5.82 Å². The second-order valence-electron chi connectivity index (χ2n) is 6.50. The van der Waals surface area contributed by atoms with Gasteiger partial charge < -0.3 is 15.0 Å². The highest BCUT2D eigenvalue weighted by molar-refractivity contribution is 5.94. The lowest BCUT2D eigenvalue weighted by molar-refractivity contribution is 0.0949. The maximum Gasteiger partial charge on any atom is 0.251 e. The Balaban J connectivity index is 1.67. The van der Waals surface area contributed by atoms with Crippen molar-refractivity contribution in [3.05, 3.63) is 71.8 Å². The third-order valence-corrected chi connectivity index (χ3v) is 4.42. The van der Waals surface area contributed by atoms with Gasteiger partial charge in [0.1, 0.15) is 6.33 Å². The van der Waals surface area contributed by atoms with Crippen LogP contribution in [0.2, 0.25) is 0 Å².